The third-order valence-corrected chi connectivity index (χ3v) is 7.90. The van der Waals surface area contributed by atoms with Crippen LogP contribution in [0.1, 0.15) is 76.5 Å². The van der Waals surface area contributed by atoms with E-state index in [0.29, 0.717) is 0 Å². The van der Waals surface area contributed by atoms with Crippen LogP contribution in [0.15, 0.2) is 60.7 Å². The Hall–Kier alpha value is -2.16. The van der Waals surface area contributed by atoms with Crippen molar-refractivity contribution >= 4 is 12.4 Å². The molecule has 5 rings (SSSR count). The maximum absolute atomic E-state index is 6.49. The van der Waals surface area contributed by atoms with Crippen molar-refractivity contribution in [1.29, 1.82) is 0 Å². The lowest BCUT2D eigenvalue weighted by molar-refractivity contribution is 0.253. The van der Waals surface area contributed by atoms with Crippen LogP contribution in [0.3, 0.4) is 0 Å². The first-order chi connectivity index (χ1) is 14.7. The second kappa shape index (κ2) is 8.01. The van der Waals surface area contributed by atoms with Gasteiger partial charge in [-0.2, -0.15) is 0 Å². The molecular formula is C29H35ClN2. The number of benzene rings is 2. The predicted octanol–water partition coefficient (Wildman–Crippen LogP) is 7.52. The van der Waals surface area contributed by atoms with Crippen molar-refractivity contribution in [3.05, 3.63) is 77.4 Å². The highest BCUT2D eigenvalue weighted by atomic mass is 35.5. The van der Waals surface area contributed by atoms with Gasteiger partial charge in [-0.05, 0) is 77.8 Å². The molecule has 0 bridgehead atoms. The second-order valence-corrected chi connectivity index (χ2v) is 11.0. The molecule has 0 aliphatic heterocycles. The Balaban J connectivity index is 0.00000245. The second-order valence-electron chi connectivity index (χ2n) is 11.0. The molecule has 2 aliphatic rings. The van der Waals surface area contributed by atoms with Crippen molar-refractivity contribution < 1.29 is 0 Å². The van der Waals surface area contributed by atoms with Crippen molar-refractivity contribution in [3.63, 3.8) is 0 Å². The summed E-state index contributed by atoms with van der Waals surface area (Å²) in [6, 6.07) is 22.1. The van der Waals surface area contributed by atoms with E-state index in [1.165, 1.54) is 41.5 Å². The first-order valence-corrected chi connectivity index (χ1v) is 11.7. The highest BCUT2D eigenvalue weighted by molar-refractivity contribution is 5.85. The van der Waals surface area contributed by atoms with E-state index in [4.69, 9.17) is 10.7 Å². The topological polar surface area (TPSA) is 38.9 Å². The molecule has 0 saturated heterocycles. The maximum atomic E-state index is 6.49. The zero-order valence-corrected chi connectivity index (χ0v) is 20.6. The molecule has 2 aromatic carbocycles. The zero-order chi connectivity index (χ0) is 21.9. The molecule has 0 spiro atoms. The van der Waals surface area contributed by atoms with Crippen molar-refractivity contribution in [1.82, 2.24) is 4.98 Å². The molecule has 0 amide bonds. The Bertz CT molecular complexity index is 1120. The normalized spacial score (nSPS) is 19.9. The van der Waals surface area contributed by atoms with Gasteiger partial charge >= 0.3 is 0 Å². The SMILES string of the molecule is CC1(C)CCC(C)(C)c2cc(-c3cccc(-c4ccc(C5(N)CCC5)cc4)n3)ccc21.Cl. The van der Waals surface area contributed by atoms with Gasteiger partial charge in [0.25, 0.3) is 0 Å². The Labute approximate surface area is 199 Å². The van der Waals surface area contributed by atoms with E-state index in [0.717, 1.165) is 29.8 Å². The van der Waals surface area contributed by atoms with E-state index in [2.05, 4.69) is 88.4 Å². The van der Waals surface area contributed by atoms with Crippen molar-refractivity contribution in [2.24, 2.45) is 5.73 Å². The summed E-state index contributed by atoms with van der Waals surface area (Å²) in [5, 5.41) is 0. The monoisotopic (exact) mass is 446 g/mol. The molecule has 168 valence electrons. The summed E-state index contributed by atoms with van der Waals surface area (Å²) in [7, 11) is 0. The standard InChI is InChI=1S/C29H34N2.ClH/c1-27(2)17-18-28(3,4)24-19-21(11-14-23(24)27)26-8-5-7-25(31-26)20-9-12-22(13-10-20)29(30)15-6-16-29;/h5,7-14,19H,6,15-18,30H2,1-4H3;1H. The molecule has 0 atom stereocenters. The minimum atomic E-state index is -0.114. The van der Waals surface area contributed by atoms with Gasteiger partial charge in [-0.1, -0.05) is 70.2 Å². The summed E-state index contributed by atoms with van der Waals surface area (Å²) in [5.41, 5.74) is 15.4. The lowest BCUT2D eigenvalue weighted by atomic mass is 9.63. The lowest BCUT2D eigenvalue weighted by Crippen LogP contribution is -2.43. The Morgan fingerprint density at radius 2 is 1.25 bits per heavy atom. The first kappa shape index (κ1) is 23.0. The van der Waals surface area contributed by atoms with E-state index in [1.807, 2.05) is 0 Å². The van der Waals surface area contributed by atoms with Crippen molar-refractivity contribution in [2.45, 2.75) is 76.2 Å². The predicted molar refractivity (Wildman–Crippen MR) is 137 cm³/mol. The number of nitrogens with two attached hydrogens (primary N) is 1. The third-order valence-electron chi connectivity index (χ3n) is 7.90. The lowest BCUT2D eigenvalue weighted by Gasteiger charge is -2.42. The number of pyridine rings is 1. The smallest absolute Gasteiger partial charge is 0.0709 e. The van der Waals surface area contributed by atoms with Crippen LogP contribution in [0.5, 0.6) is 0 Å². The number of hydrogen-bond donors (Lipinski definition) is 1. The summed E-state index contributed by atoms with van der Waals surface area (Å²) < 4.78 is 0. The van der Waals surface area contributed by atoms with E-state index < -0.39 is 0 Å². The summed E-state index contributed by atoms with van der Waals surface area (Å²) in [6.45, 7) is 9.50. The van der Waals surface area contributed by atoms with Crippen LogP contribution in [-0.4, -0.2) is 4.98 Å². The van der Waals surface area contributed by atoms with Gasteiger partial charge in [0.15, 0.2) is 0 Å². The van der Waals surface area contributed by atoms with Crippen molar-refractivity contribution in [2.75, 3.05) is 0 Å². The number of hydrogen-bond acceptors (Lipinski definition) is 2. The van der Waals surface area contributed by atoms with Gasteiger partial charge in [0.1, 0.15) is 0 Å². The highest BCUT2D eigenvalue weighted by Gasteiger charge is 2.37. The number of nitrogens with zero attached hydrogens (tertiary/aromatic N) is 1. The Morgan fingerprint density at radius 1 is 0.688 bits per heavy atom. The van der Waals surface area contributed by atoms with Crippen molar-refractivity contribution in [3.8, 4) is 22.5 Å². The van der Waals surface area contributed by atoms with Gasteiger partial charge < -0.3 is 5.73 Å². The summed E-state index contributed by atoms with van der Waals surface area (Å²) in [5.74, 6) is 0. The maximum Gasteiger partial charge on any atom is 0.0709 e. The summed E-state index contributed by atoms with van der Waals surface area (Å²) in [4.78, 5) is 5.04. The van der Waals surface area contributed by atoms with Crippen LogP contribution in [0.25, 0.3) is 22.5 Å². The molecule has 32 heavy (non-hydrogen) atoms. The molecule has 0 unspecified atom stereocenters. The van der Waals surface area contributed by atoms with Gasteiger partial charge in [-0.15, -0.1) is 12.4 Å². The fourth-order valence-electron chi connectivity index (χ4n) is 5.32. The van der Waals surface area contributed by atoms with E-state index in [9.17, 15) is 0 Å². The molecule has 1 fully saturated rings. The average Bonchev–Trinajstić information content (AvgIpc) is 2.75. The molecule has 2 N–H and O–H groups in total. The van der Waals surface area contributed by atoms with E-state index in [-0.39, 0.29) is 28.8 Å². The zero-order valence-electron chi connectivity index (χ0n) is 19.7. The van der Waals surface area contributed by atoms with Gasteiger partial charge in [0.05, 0.1) is 11.4 Å². The minimum Gasteiger partial charge on any atom is -0.321 e. The molecule has 0 radical (unpaired) electrons. The molecule has 3 heteroatoms. The number of aromatic nitrogens is 1. The fraction of sp³-hybridized carbons (Fsp3) is 0.414. The molecule has 1 heterocycles. The Kier molecular flexibility index (Phi) is 5.76. The minimum absolute atomic E-state index is 0. The van der Waals surface area contributed by atoms with E-state index in [1.54, 1.807) is 0 Å². The van der Waals surface area contributed by atoms with Crippen LogP contribution in [0.4, 0.5) is 0 Å². The Morgan fingerprint density at radius 3 is 1.84 bits per heavy atom. The largest absolute Gasteiger partial charge is 0.321 e. The highest BCUT2D eigenvalue weighted by Crippen LogP contribution is 2.46. The molecule has 1 saturated carbocycles. The van der Waals surface area contributed by atoms with Crippen LogP contribution in [0.2, 0.25) is 0 Å². The van der Waals surface area contributed by atoms with Crippen LogP contribution < -0.4 is 5.73 Å². The quantitative estimate of drug-likeness (QED) is 0.451. The van der Waals surface area contributed by atoms with E-state index >= 15 is 0 Å². The third kappa shape index (κ3) is 3.89. The molecule has 2 aliphatic carbocycles. The number of fused-ring (bicyclic) bond motifs is 1. The van der Waals surface area contributed by atoms with Crippen LogP contribution in [-0.2, 0) is 16.4 Å². The average molecular weight is 447 g/mol. The molecule has 1 aromatic heterocycles. The first-order valence-electron chi connectivity index (χ1n) is 11.7. The van der Waals surface area contributed by atoms with Gasteiger partial charge in [-0.3, -0.25) is 0 Å². The van der Waals surface area contributed by atoms with Crippen LogP contribution in [0, 0.1) is 0 Å². The molecular weight excluding hydrogens is 412 g/mol. The van der Waals surface area contributed by atoms with Gasteiger partial charge in [0.2, 0.25) is 0 Å². The van der Waals surface area contributed by atoms with Gasteiger partial charge in [-0.25, -0.2) is 4.98 Å². The molecule has 2 nitrogen and oxygen atoms in total. The van der Waals surface area contributed by atoms with Gasteiger partial charge in [0, 0.05) is 16.7 Å². The summed E-state index contributed by atoms with van der Waals surface area (Å²) in [6.07, 6.45) is 5.87. The number of halogens is 1. The fourth-order valence-corrected chi connectivity index (χ4v) is 5.32. The summed E-state index contributed by atoms with van der Waals surface area (Å²) >= 11 is 0. The van der Waals surface area contributed by atoms with Crippen LogP contribution >= 0.6 is 12.4 Å². The number of rotatable bonds is 3. The molecule has 3 aromatic rings.